The number of hydrogen-bond donors (Lipinski definition) is 3. The Morgan fingerprint density at radius 2 is 1.69 bits per heavy atom. The van der Waals surface area contributed by atoms with Crippen molar-refractivity contribution in [2.75, 3.05) is 5.32 Å². The third-order valence-electron chi connectivity index (χ3n) is 1.76. The third-order valence-corrected chi connectivity index (χ3v) is 3.01. The highest BCUT2D eigenvalue weighted by atomic mass is 79.9. The van der Waals surface area contributed by atoms with Crippen molar-refractivity contribution in [3.8, 4) is 0 Å². The molecule has 5 nitrogen and oxygen atoms in total. The van der Waals surface area contributed by atoms with Gasteiger partial charge in [-0.15, -0.1) is 0 Å². The van der Waals surface area contributed by atoms with Gasteiger partial charge in [-0.3, -0.25) is 15.0 Å². The lowest BCUT2D eigenvalue weighted by molar-refractivity contribution is -0.136. The lowest BCUT2D eigenvalue weighted by atomic mass is 10.2. The molecule has 0 spiro atoms. The molecule has 0 aliphatic rings. The van der Waals surface area contributed by atoms with Gasteiger partial charge in [0.05, 0.1) is 5.69 Å². The maximum Gasteiger partial charge on any atom is 0.323 e. The molecular weight excluding hydrogens is 342 g/mol. The topological polar surface area (TPSA) is 84.2 Å². The number of carbonyl (C=O) groups excluding carboxylic acids is 2. The fourth-order valence-corrected chi connectivity index (χ4v) is 2.67. The van der Waals surface area contributed by atoms with Gasteiger partial charge in [-0.05, 0) is 56.5 Å². The van der Waals surface area contributed by atoms with Gasteiger partial charge in [0.2, 0.25) is 0 Å². The summed E-state index contributed by atoms with van der Waals surface area (Å²) in [5.74, 6) is 3.11. The molecule has 1 aromatic carbocycles. The van der Waals surface area contributed by atoms with E-state index >= 15 is 0 Å². The van der Waals surface area contributed by atoms with E-state index < -0.39 is 11.8 Å². The number of hydrazine groups is 1. The Balaban J connectivity index is 2.98. The second-order valence-electron chi connectivity index (χ2n) is 3.03. The van der Waals surface area contributed by atoms with E-state index in [4.69, 9.17) is 5.84 Å². The molecule has 16 heavy (non-hydrogen) atoms. The quantitative estimate of drug-likeness (QED) is 0.310. The molecule has 0 aliphatic heterocycles. The molecule has 4 N–H and O–H groups in total. The van der Waals surface area contributed by atoms with E-state index in [2.05, 4.69) is 37.2 Å². The average Bonchev–Trinajstić information content (AvgIpc) is 2.21. The predicted molar refractivity (Wildman–Crippen MR) is 67.5 cm³/mol. The maximum absolute atomic E-state index is 11.3. The minimum absolute atomic E-state index is 0.485. The number of nitrogens with two attached hydrogens (primary N) is 1. The summed E-state index contributed by atoms with van der Waals surface area (Å²) in [5.41, 5.74) is 3.25. The van der Waals surface area contributed by atoms with Crippen LogP contribution in [0.3, 0.4) is 0 Å². The Morgan fingerprint density at radius 1 is 1.19 bits per heavy atom. The summed E-state index contributed by atoms with van der Waals surface area (Å²) in [7, 11) is 0. The molecule has 0 heterocycles. The Hall–Kier alpha value is -0.920. The Morgan fingerprint density at radius 3 is 2.12 bits per heavy atom. The van der Waals surface area contributed by atoms with Crippen molar-refractivity contribution in [1.82, 2.24) is 5.43 Å². The van der Waals surface area contributed by atoms with Crippen LogP contribution in [-0.4, -0.2) is 11.8 Å². The van der Waals surface area contributed by atoms with Crippen LogP contribution in [0.1, 0.15) is 5.56 Å². The number of anilines is 1. The number of benzene rings is 1. The van der Waals surface area contributed by atoms with Crippen LogP contribution >= 0.6 is 31.9 Å². The highest BCUT2D eigenvalue weighted by Crippen LogP contribution is 2.32. The third kappa shape index (κ3) is 3.03. The maximum atomic E-state index is 11.3. The van der Waals surface area contributed by atoms with Gasteiger partial charge in [0.1, 0.15) is 0 Å². The molecule has 0 bridgehead atoms. The van der Waals surface area contributed by atoms with E-state index in [1.165, 1.54) is 0 Å². The standard InChI is InChI=1S/C9H9Br2N3O2/c1-4-2-5(10)7(6(11)3-4)13-8(15)9(16)14-12/h2-3H,12H2,1H3,(H,13,15)(H,14,16). The van der Waals surface area contributed by atoms with E-state index in [1.54, 1.807) is 5.43 Å². The first-order valence-corrected chi connectivity index (χ1v) is 5.82. The Kier molecular flexibility index (Phi) is 4.45. The van der Waals surface area contributed by atoms with Gasteiger partial charge in [-0.1, -0.05) is 0 Å². The highest BCUT2D eigenvalue weighted by molar-refractivity contribution is 9.11. The van der Waals surface area contributed by atoms with Crippen LogP contribution < -0.4 is 16.6 Å². The van der Waals surface area contributed by atoms with E-state index in [0.29, 0.717) is 14.6 Å². The summed E-state index contributed by atoms with van der Waals surface area (Å²) < 4.78 is 1.36. The summed E-state index contributed by atoms with van der Waals surface area (Å²) in [4.78, 5) is 22.2. The first-order valence-electron chi connectivity index (χ1n) is 4.23. The summed E-state index contributed by atoms with van der Waals surface area (Å²) >= 11 is 6.58. The second kappa shape index (κ2) is 5.42. The van der Waals surface area contributed by atoms with Crippen LogP contribution in [-0.2, 0) is 9.59 Å². The van der Waals surface area contributed by atoms with Crippen LogP contribution in [0.5, 0.6) is 0 Å². The zero-order valence-electron chi connectivity index (χ0n) is 8.30. The summed E-state index contributed by atoms with van der Waals surface area (Å²) in [6.07, 6.45) is 0. The van der Waals surface area contributed by atoms with Crippen molar-refractivity contribution in [2.24, 2.45) is 5.84 Å². The van der Waals surface area contributed by atoms with E-state index in [0.717, 1.165) is 5.56 Å². The molecule has 0 radical (unpaired) electrons. The second-order valence-corrected chi connectivity index (χ2v) is 4.74. The van der Waals surface area contributed by atoms with Crippen molar-refractivity contribution in [3.63, 3.8) is 0 Å². The molecule has 0 saturated heterocycles. The predicted octanol–water partition coefficient (Wildman–Crippen LogP) is 1.45. The smallest absolute Gasteiger partial charge is 0.316 e. The molecule has 0 unspecified atom stereocenters. The molecule has 7 heteroatoms. The number of nitrogens with one attached hydrogen (secondary N) is 2. The SMILES string of the molecule is Cc1cc(Br)c(NC(=O)C(=O)NN)c(Br)c1. The average molecular weight is 351 g/mol. The first kappa shape index (κ1) is 13.1. The number of aryl methyl sites for hydroxylation is 1. The van der Waals surface area contributed by atoms with Gasteiger partial charge >= 0.3 is 11.8 Å². The molecule has 1 rings (SSSR count). The van der Waals surface area contributed by atoms with Crippen molar-refractivity contribution in [3.05, 3.63) is 26.6 Å². The van der Waals surface area contributed by atoms with Crippen LogP contribution in [0.15, 0.2) is 21.1 Å². The fraction of sp³-hybridized carbons (Fsp3) is 0.111. The molecule has 0 fully saturated rings. The van der Waals surface area contributed by atoms with Gasteiger partial charge in [-0.25, -0.2) is 5.84 Å². The zero-order valence-corrected chi connectivity index (χ0v) is 11.5. The summed E-state index contributed by atoms with van der Waals surface area (Å²) in [5, 5.41) is 2.43. The summed E-state index contributed by atoms with van der Waals surface area (Å²) in [6.45, 7) is 1.91. The lowest BCUT2D eigenvalue weighted by Crippen LogP contribution is -2.39. The van der Waals surface area contributed by atoms with Crippen LogP contribution in [0.4, 0.5) is 5.69 Å². The summed E-state index contributed by atoms with van der Waals surface area (Å²) in [6, 6.07) is 3.64. The fourth-order valence-electron chi connectivity index (χ4n) is 1.06. The largest absolute Gasteiger partial charge is 0.323 e. The molecule has 1 aromatic rings. The van der Waals surface area contributed by atoms with Crippen molar-refractivity contribution < 1.29 is 9.59 Å². The van der Waals surface area contributed by atoms with Crippen molar-refractivity contribution in [1.29, 1.82) is 0 Å². The van der Waals surface area contributed by atoms with Crippen LogP contribution in [0, 0.1) is 6.92 Å². The minimum Gasteiger partial charge on any atom is -0.316 e. The number of halogens is 2. The van der Waals surface area contributed by atoms with E-state index in [-0.39, 0.29) is 0 Å². The van der Waals surface area contributed by atoms with E-state index in [9.17, 15) is 9.59 Å². The monoisotopic (exact) mass is 349 g/mol. The van der Waals surface area contributed by atoms with Gasteiger partial charge in [0.25, 0.3) is 0 Å². The lowest BCUT2D eigenvalue weighted by Gasteiger charge is -2.09. The van der Waals surface area contributed by atoms with Gasteiger partial charge in [0.15, 0.2) is 0 Å². The van der Waals surface area contributed by atoms with E-state index in [1.807, 2.05) is 19.1 Å². The minimum atomic E-state index is -0.903. The van der Waals surface area contributed by atoms with Gasteiger partial charge < -0.3 is 5.32 Å². The zero-order chi connectivity index (χ0) is 12.3. The molecular formula is C9H9Br2N3O2. The number of rotatable bonds is 1. The number of hydrogen-bond acceptors (Lipinski definition) is 3. The van der Waals surface area contributed by atoms with Gasteiger partial charge in [0, 0.05) is 8.95 Å². The van der Waals surface area contributed by atoms with Crippen molar-refractivity contribution >= 4 is 49.4 Å². The molecule has 0 atom stereocenters. The van der Waals surface area contributed by atoms with Gasteiger partial charge in [-0.2, -0.15) is 0 Å². The van der Waals surface area contributed by atoms with Crippen molar-refractivity contribution in [2.45, 2.75) is 6.92 Å². The molecule has 0 aliphatic carbocycles. The van der Waals surface area contributed by atoms with Crippen LogP contribution in [0.25, 0.3) is 0 Å². The molecule has 2 amide bonds. The normalized spacial score (nSPS) is 9.75. The Bertz CT molecular complexity index is 425. The molecule has 86 valence electrons. The first-order chi connectivity index (χ1) is 7.45. The molecule has 0 saturated carbocycles. The number of carbonyl (C=O) groups is 2. The number of amides is 2. The van der Waals surface area contributed by atoms with Crippen LogP contribution in [0.2, 0.25) is 0 Å². The molecule has 0 aromatic heterocycles. The Labute approximate surface area is 109 Å². The highest BCUT2D eigenvalue weighted by Gasteiger charge is 2.15.